The van der Waals surface area contributed by atoms with E-state index < -0.39 is 0 Å². The molecule has 0 radical (unpaired) electrons. The number of piperidine rings is 1. The molecule has 1 unspecified atom stereocenters. The van der Waals surface area contributed by atoms with Gasteiger partial charge in [0.25, 0.3) is 0 Å². The Bertz CT molecular complexity index is 301. The monoisotopic (exact) mass is 267 g/mol. The minimum atomic E-state index is 0.0860. The first-order chi connectivity index (χ1) is 9.31. The van der Waals surface area contributed by atoms with E-state index in [-0.39, 0.29) is 5.60 Å². The van der Waals surface area contributed by atoms with E-state index in [0.29, 0.717) is 12.0 Å². The van der Waals surface area contributed by atoms with Gasteiger partial charge >= 0.3 is 0 Å². The largest absolute Gasteiger partial charge is 0.381 e. The van der Waals surface area contributed by atoms with Crippen LogP contribution < -0.4 is 0 Å². The van der Waals surface area contributed by atoms with Gasteiger partial charge in [0, 0.05) is 31.8 Å². The predicted octanol–water partition coefficient (Wildman–Crippen LogP) is 1.63. The number of carbonyl (C=O) groups excluding carboxylic acids is 1. The number of hydrogen-bond donors (Lipinski definition) is 0. The molecule has 108 valence electrons. The molecule has 19 heavy (non-hydrogen) atoms. The van der Waals surface area contributed by atoms with Gasteiger partial charge in [-0.05, 0) is 51.6 Å². The van der Waals surface area contributed by atoms with Crippen LogP contribution in [0.5, 0.6) is 0 Å². The standard InChI is InChI=1S/C15H25NO3/c17-12-13-1-6-16(7-2-13)14-3-8-19-15(11-14)4-9-18-10-5-15/h12-14H,1-11H2. The molecule has 0 aliphatic carbocycles. The van der Waals surface area contributed by atoms with Crippen LogP contribution in [0.3, 0.4) is 0 Å². The van der Waals surface area contributed by atoms with Crippen molar-refractivity contribution in [1.82, 2.24) is 4.90 Å². The van der Waals surface area contributed by atoms with Gasteiger partial charge in [0.1, 0.15) is 6.29 Å². The van der Waals surface area contributed by atoms with Crippen LogP contribution in [-0.2, 0) is 14.3 Å². The van der Waals surface area contributed by atoms with Gasteiger partial charge in [-0.1, -0.05) is 0 Å². The first-order valence-electron chi connectivity index (χ1n) is 7.72. The van der Waals surface area contributed by atoms with E-state index >= 15 is 0 Å². The fraction of sp³-hybridized carbons (Fsp3) is 0.933. The fourth-order valence-electron chi connectivity index (χ4n) is 3.83. The van der Waals surface area contributed by atoms with Crippen molar-refractivity contribution in [3.63, 3.8) is 0 Å². The zero-order valence-corrected chi connectivity index (χ0v) is 11.7. The Labute approximate surface area is 115 Å². The maximum atomic E-state index is 10.8. The van der Waals surface area contributed by atoms with Crippen molar-refractivity contribution < 1.29 is 14.3 Å². The van der Waals surface area contributed by atoms with E-state index in [1.807, 2.05) is 0 Å². The molecule has 0 aromatic heterocycles. The van der Waals surface area contributed by atoms with Gasteiger partial charge in [-0.15, -0.1) is 0 Å². The Hall–Kier alpha value is -0.450. The van der Waals surface area contributed by atoms with E-state index in [1.165, 1.54) is 0 Å². The third-order valence-corrected chi connectivity index (χ3v) is 5.15. The molecule has 4 nitrogen and oxygen atoms in total. The molecule has 4 heteroatoms. The van der Waals surface area contributed by atoms with Crippen molar-refractivity contribution in [2.75, 3.05) is 32.9 Å². The quantitative estimate of drug-likeness (QED) is 0.713. The Morgan fingerprint density at radius 2 is 1.79 bits per heavy atom. The normalized spacial score (nSPS) is 33.4. The van der Waals surface area contributed by atoms with Crippen LogP contribution in [0, 0.1) is 5.92 Å². The molecule has 0 N–H and O–H groups in total. The highest BCUT2D eigenvalue weighted by Gasteiger charge is 2.41. The van der Waals surface area contributed by atoms with Crippen LogP contribution in [0.15, 0.2) is 0 Å². The summed E-state index contributed by atoms with van der Waals surface area (Å²) in [6.45, 7) is 4.75. The summed E-state index contributed by atoms with van der Waals surface area (Å²) in [5.74, 6) is 0.299. The summed E-state index contributed by atoms with van der Waals surface area (Å²) in [7, 11) is 0. The molecular formula is C15H25NO3. The zero-order chi connectivity index (χ0) is 13.1. The van der Waals surface area contributed by atoms with Gasteiger partial charge in [0.15, 0.2) is 0 Å². The molecular weight excluding hydrogens is 242 g/mol. The van der Waals surface area contributed by atoms with Gasteiger partial charge < -0.3 is 19.2 Å². The summed E-state index contributed by atoms with van der Waals surface area (Å²) >= 11 is 0. The van der Waals surface area contributed by atoms with E-state index in [1.54, 1.807) is 0 Å². The van der Waals surface area contributed by atoms with Crippen molar-refractivity contribution in [2.45, 2.75) is 50.2 Å². The van der Waals surface area contributed by atoms with Gasteiger partial charge in [-0.3, -0.25) is 0 Å². The van der Waals surface area contributed by atoms with Crippen molar-refractivity contribution >= 4 is 6.29 Å². The summed E-state index contributed by atoms with van der Waals surface area (Å²) in [6, 6.07) is 0.652. The van der Waals surface area contributed by atoms with Gasteiger partial charge in [0.05, 0.1) is 5.60 Å². The molecule has 3 rings (SSSR count). The molecule has 0 amide bonds. The third kappa shape index (κ3) is 3.01. The molecule has 1 spiro atoms. The van der Waals surface area contributed by atoms with Crippen LogP contribution in [0.4, 0.5) is 0 Å². The molecule has 0 saturated carbocycles. The highest BCUT2D eigenvalue weighted by Crippen LogP contribution is 2.36. The first kappa shape index (κ1) is 13.5. The Kier molecular flexibility index (Phi) is 4.20. The Balaban J connectivity index is 1.57. The average Bonchev–Trinajstić information content (AvgIpc) is 2.48. The number of nitrogens with zero attached hydrogens (tertiary/aromatic N) is 1. The summed E-state index contributed by atoms with van der Waals surface area (Å²) < 4.78 is 11.6. The third-order valence-electron chi connectivity index (χ3n) is 5.15. The van der Waals surface area contributed by atoms with E-state index in [0.717, 1.165) is 77.7 Å². The second-order valence-corrected chi connectivity index (χ2v) is 6.30. The number of aldehydes is 1. The van der Waals surface area contributed by atoms with Gasteiger partial charge in [0.2, 0.25) is 0 Å². The minimum absolute atomic E-state index is 0.0860. The topological polar surface area (TPSA) is 38.8 Å². The van der Waals surface area contributed by atoms with Gasteiger partial charge in [-0.2, -0.15) is 0 Å². The number of hydrogen-bond acceptors (Lipinski definition) is 4. The number of rotatable bonds is 2. The second kappa shape index (κ2) is 5.90. The van der Waals surface area contributed by atoms with Crippen LogP contribution in [0.2, 0.25) is 0 Å². The average molecular weight is 267 g/mol. The second-order valence-electron chi connectivity index (χ2n) is 6.30. The molecule has 3 aliphatic rings. The summed E-state index contributed by atoms with van der Waals surface area (Å²) in [4.78, 5) is 13.4. The Morgan fingerprint density at radius 1 is 1.05 bits per heavy atom. The lowest BCUT2D eigenvalue weighted by Crippen LogP contribution is -2.52. The fourth-order valence-corrected chi connectivity index (χ4v) is 3.83. The Morgan fingerprint density at radius 3 is 2.47 bits per heavy atom. The lowest BCUT2D eigenvalue weighted by atomic mass is 9.82. The summed E-state index contributed by atoms with van der Waals surface area (Å²) in [5, 5.41) is 0. The highest BCUT2D eigenvalue weighted by molar-refractivity contribution is 5.53. The van der Waals surface area contributed by atoms with Crippen molar-refractivity contribution in [3.8, 4) is 0 Å². The SMILES string of the molecule is O=CC1CCN(C2CCOC3(CCOCC3)C2)CC1. The number of carbonyl (C=O) groups is 1. The maximum absolute atomic E-state index is 10.8. The predicted molar refractivity (Wildman–Crippen MR) is 72.1 cm³/mol. The lowest BCUT2D eigenvalue weighted by Gasteiger charge is -2.47. The maximum Gasteiger partial charge on any atom is 0.123 e. The summed E-state index contributed by atoms with van der Waals surface area (Å²) in [5.41, 5.74) is 0.0860. The first-order valence-corrected chi connectivity index (χ1v) is 7.72. The molecule has 1 atom stereocenters. The highest BCUT2D eigenvalue weighted by atomic mass is 16.5. The van der Waals surface area contributed by atoms with E-state index in [2.05, 4.69) is 4.90 Å². The molecule has 3 aliphatic heterocycles. The molecule has 3 fully saturated rings. The molecule has 0 aromatic rings. The van der Waals surface area contributed by atoms with E-state index in [4.69, 9.17) is 9.47 Å². The zero-order valence-electron chi connectivity index (χ0n) is 11.7. The van der Waals surface area contributed by atoms with Crippen LogP contribution >= 0.6 is 0 Å². The van der Waals surface area contributed by atoms with Crippen LogP contribution in [-0.4, -0.2) is 55.7 Å². The molecule has 0 aromatic carbocycles. The molecule has 3 saturated heterocycles. The number of ether oxygens (including phenoxy) is 2. The van der Waals surface area contributed by atoms with Crippen LogP contribution in [0.1, 0.15) is 38.5 Å². The van der Waals surface area contributed by atoms with Crippen molar-refractivity contribution in [2.24, 2.45) is 5.92 Å². The van der Waals surface area contributed by atoms with Crippen molar-refractivity contribution in [3.05, 3.63) is 0 Å². The van der Waals surface area contributed by atoms with Crippen LogP contribution in [0.25, 0.3) is 0 Å². The lowest BCUT2D eigenvalue weighted by molar-refractivity contribution is -0.153. The minimum Gasteiger partial charge on any atom is -0.381 e. The van der Waals surface area contributed by atoms with Gasteiger partial charge in [-0.25, -0.2) is 0 Å². The molecule has 3 heterocycles. The summed E-state index contributed by atoms with van der Waals surface area (Å²) in [6.07, 6.45) is 7.62. The smallest absolute Gasteiger partial charge is 0.123 e. The van der Waals surface area contributed by atoms with E-state index in [9.17, 15) is 4.79 Å². The van der Waals surface area contributed by atoms with Crippen molar-refractivity contribution in [1.29, 1.82) is 0 Å². The molecule has 0 bridgehead atoms. The number of likely N-dealkylation sites (tertiary alicyclic amines) is 1.